The van der Waals surface area contributed by atoms with Crippen molar-refractivity contribution in [1.29, 1.82) is 0 Å². The van der Waals surface area contributed by atoms with Gasteiger partial charge < -0.3 is 35.2 Å². The zero-order chi connectivity index (χ0) is 42.0. The molecular weight excluding hydrogens is 711 g/mol. The van der Waals surface area contributed by atoms with Gasteiger partial charge in [-0.15, -0.1) is 6.58 Å². The van der Waals surface area contributed by atoms with Gasteiger partial charge in [0.25, 0.3) is 0 Å². The largest absolute Gasteiger partial charge is 0.508 e. The van der Waals surface area contributed by atoms with Crippen molar-refractivity contribution in [1.82, 2.24) is 15.5 Å². The first-order valence-electron chi connectivity index (χ1n) is 19.4. The Kier molecular flexibility index (Phi) is 16.2. The minimum Gasteiger partial charge on any atom is -0.508 e. The van der Waals surface area contributed by atoms with E-state index >= 15 is 0 Å². The van der Waals surface area contributed by atoms with E-state index in [1.165, 1.54) is 30.9 Å². The number of methoxy groups -OCH3 is 1. The molecule has 0 radical (unpaired) electrons. The van der Waals surface area contributed by atoms with Gasteiger partial charge in [-0.25, -0.2) is 4.79 Å². The van der Waals surface area contributed by atoms with Gasteiger partial charge in [0.2, 0.25) is 17.7 Å². The third-order valence-corrected chi connectivity index (χ3v) is 11.2. The Morgan fingerprint density at radius 3 is 2.20 bits per heavy atom. The van der Waals surface area contributed by atoms with E-state index in [2.05, 4.69) is 23.8 Å². The Morgan fingerprint density at radius 2 is 1.66 bits per heavy atom. The van der Waals surface area contributed by atoms with Crippen LogP contribution in [-0.4, -0.2) is 82.8 Å². The molecule has 306 valence electrons. The van der Waals surface area contributed by atoms with Crippen LogP contribution in [0.5, 0.6) is 5.75 Å². The number of aromatic hydroxyl groups is 1. The summed E-state index contributed by atoms with van der Waals surface area (Å²) in [4.78, 5) is 58.2. The lowest BCUT2D eigenvalue weighted by Gasteiger charge is -2.35. The van der Waals surface area contributed by atoms with E-state index in [1.54, 1.807) is 38.4 Å². The van der Waals surface area contributed by atoms with E-state index in [0.29, 0.717) is 30.4 Å². The molecule has 11 heteroatoms. The summed E-state index contributed by atoms with van der Waals surface area (Å²) in [6.45, 7) is 19.9. The number of phenols is 1. The number of benzene rings is 2. The van der Waals surface area contributed by atoms with Crippen molar-refractivity contribution in [3.8, 4) is 5.75 Å². The summed E-state index contributed by atoms with van der Waals surface area (Å²) >= 11 is 0. The molecule has 1 fully saturated rings. The molecule has 0 aliphatic heterocycles. The van der Waals surface area contributed by atoms with E-state index in [0.717, 1.165) is 5.57 Å². The number of hydrogen-bond donors (Lipinski definition) is 4. The number of carbonyl (C=O) groups is 4. The Morgan fingerprint density at radius 1 is 1.04 bits per heavy atom. The number of phenolic OH excluding ortho intramolecular Hbond substituents is 1. The van der Waals surface area contributed by atoms with Gasteiger partial charge >= 0.3 is 5.97 Å². The number of nitrogens with zero attached hydrogens (tertiary/aromatic N) is 1. The van der Waals surface area contributed by atoms with Crippen LogP contribution in [0.4, 0.5) is 0 Å². The van der Waals surface area contributed by atoms with Crippen LogP contribution in [0.3, 0.4) is 0 Å². The van der Waals surface area contributed by atoms with Crippen molar-refractivity contribution in [3.05, 3.63) is 103 Å². The summed E-state index contributed by atoms with van der Waals surface area (Å²) in [6.07, 6.45) is 6.17. The number of amides is 3. The van der Waals surface area contributed by atoms with Gasteiger partial charge in [-0.1, -0.05) is 101 Å². The van der Waals surface area contributed by atoms with Gasteiger partial charge in [-0.3, -0.25) is 14.4 Å². The number of rotatable bonds is 21. The van der Waals surface area contributed by atoms with Crippen LogP contribution in [0, 0.1) is 23.2 Å². The number of esters is 1. The predicted octanol–water partition coefficient (Wildman–Crippen LogP) is 6.22. The molecule has 9 atom stereocenters. The van der Waals surface area contributed by atoms with Gasteiger partial charge in [0.05, 0.1) is 11.7 Å². The quantitative estimate of drug-likeness (QED) is 0.0663. The molecule has 3 rings (SSSR count). The van der Waals surface area contributed by atoms with Crippen molar-refractivity contribution in [2.45, 2.75) is 110 Å². The molecular formula is C45H63N3O8. The molecule has 1 aliphatic carbocycles. The molecule has 1 saturated carbocycles. The second-order valence-electron chi connectivity index (χ2n) is 16.1. The van der Waals surface area contributed by atoms with Gasteiger partial charge in [-0.2, -0.15) is 0 Å². The van der Waals surface area contributed by atoms with Gasteiger partial charge in [0.1, 0.15) is 23.9 Å². The zero-order valence-corrected chi connectivity index (χ0v) is 34.6. The molecule has 2 aromatic carbocycles. The van der Waals surface area contributed by atoms with Crippen molar-refractivity contribution >= 4 is 23.7 Å². The second kappa shape index (κ2) is 19.9. The van der Waals surface area contributed by atoms with E-state index in [4.69, 9.17) is 9.47 Å². The first-order chi connectivity index (χ1) is 26.3. The lowest BCUT2D eigenvalue weighted by atomic mass is 9.93. The minimum absolute atomic E-state index is 0.0216. The Bertz CT molecular complexity index is 1700. The smallest absolute Gasteiger partial charge is 0.332 e. The summed E-state index contributed by atoms with van der Waals surface area (Å²) in [5.41, 5.74) is -0.139. The SMILES string of the molecule is C=C/C=C(\C)[C@@H](C[C@@H]1C[C@@]1(C)C(=O)N(C)[C@H](C(=O)N[C@H](Cc1ccc(O)cc1)C(=O)N[C@H](C(=O)O[C@H](c1ccccc1)[C@H](C)C=C)C(C)(C)O)[C@@H](C)CC)OC. The maximum atomic E-state index is 14.4. The van der Waals surface area contributed by atoms with Crippen molar-refractivity contribution in [3.63, 3.8) is 0 Å². The Labute approximate surface area is 333 Å². The number of allylic oxidation sites excluding steroid dienone is 2. The minimum atomic E-state index is -1.78. The summed E-state index contributed by atoms with van der Waals surface area (Å²) in [7, 11) is 3.27. The van der Waals surface area contributed by atoms with Crippen molar-refractivity contribution in [2.75, 3.05) is 14.2 Å². The van der Waals surface area contributed by atoms with Crippen LogP contribution in [-0.2, 0) is 35.1 Å². The average Bonchev–Trinajstić information content (AvgIpc) is 3.84. The van der Waals surface area contributed by atoms with E-state index in [-0.39, 0.29) is 41.9 Å². The molecule has 0 aromatic heterocycles. The van der Waals surface area contributed by atoms with Crippen LogP contribution < -0.4 is 10.6 Å². The molecule has 0 saturated heterocycles. The molecule has 3 amide bonds. The number of carbonyl (C=O) groups excluding carboxylic acids is 4. The van der Waals surface area contributed by atoms with Crippen LogP contribution >= 0.6 is 0 Å². The number of aliphatic hydroxyl groups is 1. The topological polar surface area (TPSA) is 154 Å². The maximum Gasteiger partial charge on any atom is 0.332 e. The number of ether oxygens (including phenoxy) is 2. The zero-order valence-electron chi connectivity index (χ0n) is 34.6. The van der Waals surface area contributed by atoms with E-state index in [1.807, 2.05) is 71.0 Å². The van der Waals surface area contributed by atoms with Crippen LogP contribution in [0.25, 0.3) is 0 Å². The molecule has 0 bridgehead atoms. The molecule has 0 spiro atoms. The molecule has 4 N–H and O–H groups in total. The second-order valence-corrected chi connectivity index (χ2v) is 16.1. The fraction of sp³-hybridized carbons (Fsp3) is 0.511. The third kappa shape index (κ3) is 11.6. The lowest BCUT2D eigenvalue weighted by Crippen LogP contribution is -2.61. The lowest BCUT2D eigenvalue weighted by molar-refractivity contribution is -0.162. The third-order valence-electron chi connectivity index (χ3n) is 11.2. The number of likely N-dealkylation sites (N-methyl/N-ethyl adjacent to an activating group) is 1. The highest BCUT2D eigenvalue weighted by molar-refractivity contribution is 5.95. The van der Waals surface area contributed by atoms with Gasteiger partial charge in [0.15, 0.2) is 6.04 Å². The van der Waals surface area contributed by atoms with Crippen LogP contribution in [0.1, 0.15) is 85.0 Å². The number of hydrogen-bond acceptors (Lipinski definition) is 8. The molecule has 0 unspecified atom stereocenters. The summed E-state index contributed by atoms with van der Waals surface area (Å²) in [6, 6.07) is 11.6. The highest BCUT2D eigenvalue weighted by atomic mass is 16.5. The molecule has 1 aliphatic rings. The monoisotopic (exact) mass is 773 g/mol. The standard InChI is InChI=1S/C45H63N3O8/c1-12-18-30(6)36(55-11)26-33-27-45(33,9)43(53)48(10)37(28(4)13-2)41(51)46-35(25-31-21-23-34(49)24-22-31)40(50)47-39(44(7,8)54)42(52)56-38(29(5)14-3)32-19-16-15-17-20-32/h12,14-24,28-29,33,35-39,49,54H,1,3,13,25-27H2,2,4-11H3,(H,46,51)(H,47,50)/b30-18+/t28-,29+,33+,35+,36+,37-,38-,39+,45+/m0/s1. The first-order valence-corrected chi connectivity index (χ1v) is 19.4. The van der Waals surface area contributed by atoms with Crippen LogP contribution in [0.2, 0.25) is 0 Å². The van der Waals surface area contributed by atoms with Gasteiger partial charge in [0, 0.05) is 31.9 Å². The highest BCUT2D eigenvalue weighted by Crippen LogP contribution is 2.56. The molecule has 56 heavy (non-hydrogen) atoms. The maximum absolute atomic E-state index is 14.4. The van der Waals surface area contributed by atoms with E-state index in [9.17, 15) is 29.4 Å². The molecule has 11 nitrogen and oxygen atoms in total. The number of nitrogens with one attached hydrogen (secondary N) is 2. The Hall–Kier alpha value is -4.74. The fourth-order valence-corrected chi connectivity index (χ4v) is 7.19. The normalized spacial score (nSPS) is 20.5. The summed E-state index contributed by atoms with van der Waals surface area (Å²) in [5.74, 6) is -2.85. The van der Waals surface area contributed by atoms with Crippen molar-refractivity contribution in [2.24, 2.45) is 23.2 Å². The van der Waals surface area contributed by atoms with Crippen LogP contribution in [0.15, 0.2) is 91.6 Å². The molecule has 0 heterocycles. The van der Waals surface area contributed by atoms with Gasteiger partial charge in [-0.05, 0) is 74.3 Å². The predicted molar refractivity (Wildman–Crippen MR) is 218 cm³/mol. The fourth-order valence-electron chi connectivity index (χ4n) is 7.19. The Balaban J connectivity index is 1.91. The molecule has 2 aromatic rings. The van der Waals surface area contributed by atoms with Crippen molar-refractivity contribution < 1.29 is 38.9 Å². The summed E-state index contributed by atoms with van der Waals surface area (Å²) in [5, 5.41) is 26.7. The average molecular weight is 774 g/mol. The highest BCUT2D eigenvalue weighted by Gasteiger charge is 2.58. The van der Waals surface area contributed by atoms with E-state index < -0.39 is 53.0 Å². The summed E-state index contributed by atoms with van der Waals surface area (Å²) < 4.78 is 11.7. The first kappa shape index (κ1) is 45.6.